The number of rotatable bonds is 6. The molecule has 0 radical (unpaired) electrons. The van der Waals surface area contributed by atoms with Gasteiger partial charge < -0.3 is 15.4 Å². The van der Waals surface area contributed by atoms with Crippen LogP contribution in [0.15, 0.2) is 24.3 Å². The van der Waals surface area contributed by atoms with Gasteiger partial charge in [-0.2, -0.15) is 0 Å². The van der Waals surface area contributed by atoms with E-state index in [1.807, 2.05) is 19.1 Å². The fourth-order valence-electron chi connectivity index (χ4n) is 2.43. The third kappa shape index (κ3) is 4.22. The molecule has 1 unspecified atom stereocenters. The monoisotopic (exact) mass is 248 g/mol. The maximum absolute atomic E-state index is 5.42. The zero-order valence-electron chi connectivity index (χ0n) is 11.2. The van der Waals surface area contributed by atoms with Crippen molar-refractivity contribution in [3.8, 4) is 5.75 Å². The molecule has 3 heteroatoms. The number of nitrogens with one attached hydrogen (secondary N) is 2. The van der Waals surface area contributed by atoms with E-state index in [1.54, 1.807) is 0 Å². The van der Waals surface area contributed by atoms with Crippen LogP contribution in [-0.4, -0.2) is 26.2 Å². The van der Waals surface area contributed by atoms with E-state index in [0.29, 0.717) is 0 Å². The lowest BCUT2D eigenvalue weighted by Crippen LogP contribution is -2.30. The van der Waals surface area contributed by atoms with Crippen LogP contribution in [0.5, 0.6) is 5.75 Å². The molecule has 18 heavy (non-hydrogen) atoms. The van der Waals surface area contributed by atoms with Crippen LogP contribution in [0.1, 0.15) is 26.2 Å². The van der Waals surface area contributed by atoms with Gasteiger partial charge in [-0.25, -0.2) is 0 Å². The van der Waals surface area contributed by atoms with Gasteiger partial charge >= 0.3 is 0 Å². The average molecular weight is 248 g/mol. The Bertz CT molecular complexity index is 331. The first kappa shape index (κ1) is 13.2. The first-order chi connectivity index (χ1) is 8.88. The van der Waals surface area contributed by atoms with E-state index in [4.69, 9.17) is 4.74 Å². The van der Waals surface area contributed by atoms with Gasteiger partial charge in [0.2, 0.25) is 0 Å². The number of benzene rings is 1. The average Bonchev–Trinajstić information content (AvgIpc) is 2.42. The zero-order chi connectivity index (χ0) is 12.6. The summed E-state index contributed by atoms with van der Waals surface area (Å²) in [5, 5.41) is 6.94. The zero-order valence-corrected chi connectivity index (χ0v) is 11.2. The van der Waals surface area contributed by atoms with Gasteiger partial charge in [-0.1, -0.05) is 0 Å². The minimum absolute atomic E-state index is 0.724. The summed E-state index contributed by atoms with van der Waals surface area (Å²) < 4.78 is 5.42. The lowest BCUT2D eigenvalue weighted by atomic mass is 9.96. The Morgan fingerprint density at radius 3 is 2.83 bits per heavy atom. The van der Waals surface area contributed by atoms with E-state index < -0.39 is 0 Å². The number of hydrogen-bond acceptors (Lipinski definition) is 3. The van der Waals surface area contributed by atoms with Gasteiger partial charge in [0, 0.05) is 12.2 Å². The van der Waals surface area contributed by atoms with Crippen LogP contribution in [0.25, 0.3) is 0 Å². The molecule has 1 heterocycles. The molecule has 1 saturated heterocycles. The van der Waals surface area contributed by atoms with Gasteiger partial charge in [0.1, 0.15) is 5.75 Å². The molecule has 0 spiro atoms. The van der Waals surface area contributed by atoms with E-state index >= 15 is 0 Å². The van der Waals surface area contributed by atoms with Crippen molar-refractivity contribution in [1.82, 2.24) is 5.32 Å². The summed E-state index contributed by atoms with van der Waals surface area (Å²) in [5.41, 5.74) is 1.18. The third-order valence-corrected chi connectivity index (χ3v) is 3.45. The Hall–Kier alpha value is -1.22. The molecule has 1 aliphatic heterocycles. The van der Waals surface area contributed by atoms with E-state index in [-0.39, 0.29) is 0 Å². The minimum atomic E-state index is 0.724. The Morgan fingerprint density at radius 1 is 1.33 bits per heavy atom. The predicted molar refractivity (Wildman–Crippen MR) is 76.3 cm³/mol. The molecule has 1 atom stereocenters. The Labute approximate surface area is 110 Å². The van der Waals surface area contributed by atoms with E-state index in [2.05, 4.69) is 22.8 Å². The molecule has 0 aliphatic carbocycles. The number of piperidine rings is 1. The molecule has 1 aromatic carbocycles. The van der Waals surface area contributed by atoms with Crippen LogP contribution in [-0.2, 0) is 0 Å². The quantitative estimate of drug-likeness (QED) is 0.812. The molecule has 1 aliphatic rings. The van der Waals surface area contributed by atoms with Gasteiger partial charge in [-0.05, 0) is 69.5 Å². The fraction of sp³-hybridized carbons (Fsp3) is 0.600. The summed E-state index contributed by atoms with van der Waals surface area (Å²) in [5.74, 6) is 1.79. The Kier molecular flexibility index (Phi) is 5.34. The summed E-state index contributed by atoms with van der Waals surface area (Å²) in [7, 11) is 0. The molecule has 1 fully saturated rings. The molecule has 0 aromatic heterocycles. The van der Waals surface area contributed by atoms with E-state index in [1.165, 1.54) is 38.0 Å². The highest BCUT2D eigenvalue weighted by Gasteiger charge is 2.11. The van der Waals surface area contributed by atoms with Crippen LogP contribution in [0, 0.1) is 5.92 Å². The van der Waals surface area contributed by atoms with Crippen molar-refractivity contribution >= 4 is 5.69 Å². The number of hydrogen-bond donors (Lipinski definition) is 2. The van der Waals surface area contributed by atoms with Gasteiger partial charge in [0.15, 0.2) is 0 Å². The minimum Gasteiger partial charge on any atom is -0.494 e. The normalized spacial score (nSPS) is 19.5. The lowest BCUT2D eigenvalue weighted by Gasteiger charge is -2.22. The summed E-state index contributed by atoms with van der Waals surface area (Å²) in [6.45, 7) is 6.17. The summed E-state index contributed by atoms with van der Waals surface area (Å²) in [6.07, 6.45) is 3.95. The summed E-state index contributed by atoms with van der Waals surface area (Å²) in [4.78, 5) is 0. The molecule has 2 rings (SSSR count). The van der Waals surface area contributed by atoms with Crippen molar-refractivity contribution in [1.29, 1.82) is 0 Å². The predicted octanol–water partition coefficient (Wildman–Crippen LogP) is 2.89. The Morgan fingerprint density at radius 2 is 2.17 bits per heavy atom. The first-order valence-corrected chi connectivity index (χ1v) is 7.06. The van der Waals surface area contributed by atoms with Crippen molar-refractivity contribution < 1.29 is 4.74 Å². The van der Waals surface area contributed by atoms with E-state index in [9.17, 15) is 0 Å². The van der Waals surface area contributed by atoms with Crippen LogP contribution < -0.4 is 15.4 Å². The van der Waals surface area contributed by atoms with Gasteiger partial charge in [-0.15, -0.1) is 0 Å². The molecule has 1 aromatic rings. The largest absolute Gasteiger partial charge is 0.494 e. The van der Waals surface area contributed by atoms with Crippen LogP contribution in [0.2, 0.25) is 0 Å². The van der Waals surface area contributed by atoms with Crippen LogP contribution in [0.3, 0.4) is 0 Å². The molecule has 0 amide bonds. The second-order valence-electron chi connectivity index (χ2n) is 4.89. The van der Waals surface area contributed by atoms with Gasteiger partial charge in [-0.3, -0.25) is 0 Å². The molecule has 0 bridgehead atoms. The van der Waals surface area contributed by atoms with Crippen molar-refractivity contribution in [2.75, 3.05) is 31.6 Å². The third-order valence-electron chi connectivity index (χ3n) is 3.45. The highest BCUT2D eigenvalue weighted by atomic mass is 16.5. The highest BCUT2D eigenvalue weighted by molar-refractivity contribution is 5.46. The van der Waals surface area contributed by atoms with Crippen LogP contribution >= 0.6 is 0 Å². The first-order valence-electron chi connectivity index (χ1n) is 7.06. The number of ether oxygens (including phenoxy) is 1. The van der Waals surface area contributed by atoms with Gasteiger partial charge in [0.25, 0.3) is 0 Å². The number of anilines is 1. The van der Waals surface area contributed by atoms with Crippen molar-refractivity contribution in [3.63, 3.8) is 0 Å². The molecular formula is C15H24N2O. The highest BCUT2D eigenvalue weighted by Crippen LogP contribution is 2.17. The second kappa shape index (κ2) is 7.27. The van der Waals surface area contributed by atoms with Crippen molar-refractivity contribution in [2.24, 2.45) is 5.92 Å². The molecule has 3 nitrogen and oxygen atoms in total. The van der Waals surface area contributed by atoms with E-state index in [0.717, 1.165) is 24.8 Å². The maximum atomic E-state index is 5.42. The van der Waals surface area contributed by atoms with Crippen LogP contribution in [0.4, 0.5) is 5.69 Å². The molecule has 100 valence electrons. The molecule has 0 saturated carbocycles. The second-order valence-corrected chi connectivity index (χ2v) is 4.89. The molecule has 2 N–H and O–H groups in total. The van der Waals surface area contributed by atoms with Crippen molar-refractivity contribution in [3.05, 3.63) is 24.3 Å². The molecular weight excluding hydrogens is 224 g/mol. The smallest absolute Gasteiger partial charge is 0.119 e. The SMILES string of the molecule is CCOc1ccc(NCCC2CCCNC2)cc1. The van der Waals surface area contributed by atoms with Gasteiger partial charge in [0.05, 0.1) is 6.61 Å². The summed E-state index contributed by atoms with van der Waals surface area (Å²) in [6, 6.07) is 8.22. The standard InChI is InChI=1S/C15H24N2O/c1-2-18-15-7-5-14(6-8-15)17-11-9-13-4-3-10-16-12-13/h5-8,13,16-17H,2-4,9-12H2,1H3. The summed E-state index contributed by atoms with van der Waals surface area (Å²) >= 11 is 0. The fourth-order valence-corrected chi connectivity index (χ4v) is 2.43. The lowest BCUT2D eigenvalue weighted by molar-refractivity contribution is 0.340. The topological polar surface area (TPSA) is 33.3 Å². The Balaban J connectivity index is 1.69. The van der Waals surface area contributed by atoms with Crippen molar-refractivity contribution in [2.45, 2.75) is 26.2 Å². The maximum Gasteiger partial charge on any atom is 0.119 e.